The molecule has 0 radical (unpaired) electrons. The van der Waals surface area contributed by atoms with Crippen molar-refractivity contribution in [3.8, 4) is 0 Å². The van der Waals surface area contributed by atoms with E-state index < -0.39 is 47.0 Å². The van der Waals surface area contributed by atoms with Crippen LogP contribution in [0.5, 0.6) is 0 Å². The number of hydrogen-bond donors (Lipinski definition) is 2. The lowest BCUT2D eigenvalue weighted by Crippen LogP contribution is -2.57. The van der Waals surface area contributed by atoms with Crippen LogP contribution in [0.25, 0.3) is 0 Å². The Morgan fingerprint density at radius 1 is 0.568 bits per heavy atom. The number of carbonyl (C=O) groups is 3. The van der Waals surface area contributed by atoms with Crippen molar-refractivity contribution < 1.29 is 47.9 Å². The molecule has 0 aromatic carbocycles. The Hall–Kier alpha value is -1.79. The fourth-order valence-corrected chi connectivity index (χ4v) is 2.89. The van der Waals surface area contributed by atoms with Gasteiger partial charge in [-0.1, -0.05) is 0 Å². The quantitative estimate of drug-likeness (QED) is 0.123. The van der Waals surface area contributed by atoms with E-state index in [4.69, 9.17) is 28.4 Å². The van der Waals surface area contributed by atoms with Crippen LogP contribution in [0.1, 0.15) is 81.6 Å². The second kappa shape index (κ2) is 16.2. The van der Waals surface area contributed by atoms with Crippen LogP contribution in [0.4, 0.5) is 0 Å². The molecule has 0 heterocycles. The molecule has 0 aliphatic carbocycles. The number of rotatable bonds is 17. The molecule has 0 aliphatic heterocycles. The van der Waals surface area contributed by atoms with E-state index in [0.29, 0.717) is 0 Å². The van der Waals surface area contributed by atoms with Gasteiger partial charge in [0.25, 0.3) is 0 Å². The second-order valence-corrected chi connectivity index (χ2v) is 11.8. The number of carbonyl (C=O) groups excluding carboxylic acids is 3. The van der Waals surface area contributed by atoms with E-state index in [1.165, 1.54) is 0 Å². The molecule has 0 bridgehead atoms. The first-order valence-corrected chi connectivity index (χ1v) is 12.6. The Balaban J connectivity index is 4.99. The SMILES string of the molecule is CC(C)(C)OC(=O)CCOCC(COCCC(=O)OC(C)(C)C)(COCCC(=O)OC(C)(C)C)NCO. The van der Waals surface area contributed by atoms with Crippen molar-refractivity contribution >= 4 is 17.9 Å². The van der Waals surface area contributed by atoms with Gasteiger partial charge >= 0.3 is 17.9 Å². The third-order valence-electron chi connectivity index (χ3n) is 4.20. The van der Waals surface area contributed by atoms with Crippen LogP contribution in [0.3, 0.4) is 0 Å². The van der Waals surface area contributed by atoms with Crippen molar-refractivity contribution in [3.05, 3.63) is 0 Å². The first-order valence-electron chi connectivity index (χ1n) is 12.6. The van der Waals surface area contributed by atoms with E-state index >= 15 is 0 Å². The van der Waals surface area contributed by atoms with Gasteiger partial charge in [-0.05, 0) is 62.3 Å². The van der Waals surface area contributed by atoms with Crippen LogP contribution >= 0.6 is 0 Å². The molecule has 0 spiro atoms. The van der Waals surface area contributed by atoms with Crippen LogP contribution in [-0.4, -0.2) is 91.7 Å². The highest BCUT2D eigenvalue weighted by molar-refractivity contribution is 5.70. The van der Waals surface area contributed by atoms with Crippen LogP contribution in [0.15, 0.2) is 0 Å². The van der Waals surface area contributed by atoms with Crippen LogP contribution in [0.2, 0.25) is 0 Å². The van der Waals surface area contributed by atoms with Gasteiger partial charge in [0.15, 0.2) is 0 Å². The monoisotopic (exact) mass is 535 g/mol. The molecule has 0 rings (SSSR count). The summed E-state index contributed by atoms with van der Waals surface area (Å²) in [6.45, 7) is 16.0. The number of aliphatic hydroxyl groups is 1. The molecule has 0 aromatic heterocycles. The van der Waals surface area contributed by atoms with Gasteiger partial charge in [-0.2, -0.15) is 0 Å². The maximum atomic E-state index is 12.0. The lowest BCUT2D eigenvalue weighted by atomic mass is 10.0. The Bertz CT molecular complexity index is 601. The summed E-state index contributed by atoms with van der Waals surface area (Å²) in [4.78, 5) is 35.9. The Kier molecular flexibility index (Phi) is 15.4. The molecule has 11 heteroatoms. The van der Waals surface area contributed by atoms with Crippen LogP contribution in [0, 0.1) is 0 Å². The third-order valence-corrected chi connectivity index (χ3v) is 4.20. The summed E-state index contributed by atoms with van der Waals surface area (Å²) in [6, 6.07) is 0. The van der Waals surface area contributed by atoms with Gasteiger partial charge in [0.05, 0.1) is 71.2 Å². The normalized spacial score (nSPS) is 12.8. The molecule has 0 unspecified atom stereocenters. The standard InChI is InChI=1S/C26H49NO10/c1-23(2,3)35-20(29)10-13-32-16-26(27-19-28,17-33-14-11-21(30)36-24(4,5)6)18-34-15-12-22(31)37-25(7,8)9/h27-28H,10-19H2,1-9H3. The minimum atomic E-state index is -1.01. The summed E-state index contributed by atoms with van der Waals surface area (Å²) in [5.41, 5.74) is -2.79. The Morgan fingerprint density at radius 2 is 0.838 bits per heavy atom. The largest absolute Gasteiger partial charge is 0.460 e. The number of aliphatic hydroxyl groups excluding tert-OH is 1. The predicted octanol–water partition coefficient (Wildman–Crippen LogP) is 2.51. The van der Waals surface area contributed by atoms with E-state index in [1.54, 1.807) is 62.3 Å². The minimum Gasteiger partial charge on any atom is -0.460 e. The number of ether oxygens (including phenoxy) is 6. The van der Waals surface area contributed by atoms with Crippen molar-refractivity contribution in [2.75, 3.05) is 46.4 Å². The average molecular weight is 536 g/mol. The Morgan fingerprint density at radius 3 is 1.05 bits per heavy atom. The highest BCUT2D eigenvalue weighted by Crippen LogP contribution is 2.13. The van der Waals surface area contributed by atoms with Gasteiger partial charge < -0.3 is 33.5 Å². The maximum Gasteiger partial charge on any atom is 0.308 e. The topological polar surface area (TPSA) is 139 Å². The summed E-state index contributed by atoms with van der Waals surface area (Å²) in [7, 11) is 0. The van der Waals surface area contributed by atoms with Gasteiger partial charge in [0.2, 0.25) is 0 Å². The summed E-state index contributed by atoms with van der Waals surface area (Å²) < 4.78 is 33.0. The molecule has 0 aliphatic rings. The van der Waals surface area contributed by atoms with E-state index in [1.807, 2.05) is 0 Å². The van der Waals surface area contributed by atoms with Gasteiger partial charge in [0, 0.05) is 0 Å². The first-order chi connectivity index (χ1) is 16.9. The molecular weight excluding hydrogens is 486 g/mol. The lowest BCUT2D eigenvalue weighted by molar-refractivity contribution is -0.157. The average Bonchev–Trinajstić information content (AvgIpc) is 2.68. The van der Waals surface area contributed by atoms with Crippen molar-refractivity contribution in [3.63, 3.8) is 0 Å². The number of nitrogens with one attached hydrogen (secondary N) is 1. The summed E-state index contributed by atoms with van der Waals surface area (Å²) in [6.07, 6.45) is 0.141. The van der Waals surface area contributed by atoms with E-state index in [9.17, 15) is 19.5 Å². The highest BCUT2D eigenvalue weighted by Gasteiger charge is 2.32. The highest BCUT2D eigenvalue weighted by atomic mass is 16.6. The minimum absolute atomic E-state index is 0.0230. The summed E-state index contributed by atoms with van der Waals surface area (Å²) >= 11 is 0. The number of esters is 3. The molecule has 0 amide bonds. The van der Waals surface area contributed by atoms with Crippen molar-refractivity contribution in [2.45, 2.75) is 104 Å². The molecule has 0 aromatic rings. The second-order valence-electron chi connectivity index (χ2n) is 11.8. The van der Waals surface area contributed by atoms with Crippen LogP contribution in [-0.2, 0) is 42.8 Å². The van der Waals surface area contributed by atoms with Crippen molar-refractivity contribution in [2.24, 2.45) is 0 Å². The molecule has 0 fully saturated rings. The molecule has 2 N–H and O–H groups in total. The summed E-state index contributed by atoms with van der Waals surface area (Å²) in [5.74, 6) is -1.18. The maximum absolute atomic E-state index is 12.0. The molecule has 0 atom stereocenters. The molecular formula is C26H49NO10. The van der Waals surface area contributed by atoms with E-state index in [2.05, 4.69) is 5.32 Å². The first kappa shape index (κ1) is 35.2. The van der Waals surface area contributed by atoms with E-state index in [-0.39, 0.29) is 58.9 Å². The lowest BCUT2D eigenvalue weighted by Gasteiger charge is -2.33. The zero-order valence-corrected chi connectivity index (χ0v) is 24.2. The number of hydrogen-bond acceptors (Lipinski definition) is 11. The predicted molar refractivity (Wildman–Crippen MR) is 137 cm³/mol. The fourth-order valence-electron chi connectivity index (χ4n) is 2.89. The molecule has 0 saturated carbocycles. The smallest absolute Gasteiger partial charge is 0.308 e. The van der Waals surface area contributed by atoms with Gasteiger partial charge in [-0.25, -0.2) is 0 Å². The summed E-state index contributed by atoms with van der Waals surface area (Å²) in [5, 5.41) is 12.5. The van der Waals surface area contributed by atoms with Gasteiger partial charge in [-0.3, -0.25) is 19.7 Å². The van der Waals surface area contributed by atoms with E-state index in [0.717, 1.165) is 0 Å². The molecule has 218 valence electrons. The molecule has 37 heavy (non-hydrogen) atoms. The van der Waals surface area contributed by atoms with Crippen molar-refractivity contribution in [1.29, 1.82) is 0 Å². The molecule has 11 nitrogen and oxygen atoms in total. The molecule has 0 saturated heterocycles. The van der Waals surface area contributed by atoms with Crippen molar-refractivity contribution in [1.82, 2.24) is 5.32 Å². The third kappa shape index (κ3) is 20.9. The van der Waals surface area contributed by atoms with Gasteiger partial charge in [0.1, 0.15) is 16.8 Å². The zero-order chi connectivity index (χ0) is 28.8. The zero-order valence-electron chi connectivity index (χ0n) is 24.2. The fraction of sp³-hybridized carbons (Fsp3) is 0.885. The van der Waals surface area contributed by atoms with Gasteiger partial charge in [-0.15, -0.1) is 0 Å². The Labute approximate surface area is 221 Å². The van der Waals surface area contributed by atoms with Crippen LogP contribution < -0.4 is 5.32 Å².